The Balaban J connectivity index is 3.06. The lowest BCUT2D eigenvalue weighted by Crippen LogP contribution is -2.14. The number of aryl methyl sites for hydroxylation is 1. The van der Waals surface area contributed by atoms with Crippen molar-refractivity contribution in [1.29, 1.82) is 0 Å². The van der Waals surface area contributed by atoms with Crippen LogP contribution in [0.5, 0.6) is 5.75 Å². The van der Waals surface area contributed by atoms with Crippen LogP contribution >= 0.6 is 0 Å². The molecule has 16 heavy (non-hydrogen) atoms. The van der Waals surface area contributed by atoms with Crippen LogP contribution < -0.4 is 4.74 Å². The van der Waals surface area contributed by atoms with E-state index < -0.39 is 11.8 Å². The molecule has 0 saturated carbocycles. The van der Waals surface area contributed by atoms with Gasteiger partial charge in [0.2, 0.25) is 0 Å². The molecule has 0 heterocycles. The molecule has 1 N–H and O–H groups in total. The monoisotopic (exact) mass is 222 g/mol. The molecule has 0 aliphatic rings. The Morgan fingerprint density at radius 1 is 1.38 bits per heavy atom. The molecule has 0 aromatic heterocycles. The fraction of sp³-hybridized carbons (Fsp3) is 0.333. The summed E-state index contributed by atoms with van der Waals surface area (Å²) in [6.45, 7) is 4.26. The Hall–Kier alpha value is -1.84. The number of benzene rings is 1. The van der Waals surface area contributed by atoms with Crippen LogP contribution in [0.15, 0.2) is 18.2 Å². The fourth-order valence-electron chi connectivity index (χ4n) is 1.26. The predicted octanol–water partition coefficient (Wildman–Crippen LogP) is 2.05. The molecule has 1 aromatic carbocycles. The van der Waals surface area contributed by atoms with Gasteiger partial charge in [-0.15, -0.1) is 0 Å². The van der Waals surface area contributed by atoms with Crippen LogP contribution in [0, 0.1) is 6.92 Å². The summed E-state index contributed by atoms with van der Waals surface area (Å²) in [5.74, 6) is -2.06. The first kappa shape index (κ1) is 12.2. The molecule has 0 fully saturated rings. The van der Waals surface area contributed by atoms with Gasteiger partial charge in [0.25, 0.3) is 5.78 Å². The second-order valence-electron chi connectivity index (χ2n) is 3.48. The molecular formula is C12H14O4. The number of Topliss-reactive ketones (excluding diaryl/α,β-unsaturated/α-hetero) is 1. The summed E-state index contributed by atoms with van der Waals surface area (Å²) in [5.41, 5.74) is 1.03. The van der Waals surface area contributed by atoms with E-state index in [4.69, 9.17) is 9.84 Å². The van der Waals surface area contributed by atoms with Gasteiger partial charge in [-0.2, -0.15) is 0 Å². The number of hydrogen-bond donors (Lipinski definition) is 1. The number of hydrogen-bond acceptors (Lipinski definition) is 3. The number of carbonyl (C=O) groups is 2. The van der Waals surface area contributed by atoms with Crippen LogP contribution in [0.4, 0.5) is 0 Å². The highest BCUT2D eigenvalue weighted by molar-refractivity contribution is 6.40. The van der Waals surface area contributed by atoms with Crippen molar-refractivity contribution in [3.8, 4) is 5.75 Å². The highest BCUT2D eigenvalue weighted by Crippen LogP contribution is 2.21. The van der Waals surface area contributed by atoms with Crippen LogP contribution in [-0.4, -0.2) is 23.5 Å². The van der Waals surface area contributed by atoms with E-state index in [-0.39, 0.29) is 5.56 Å². The summed E-state index contributed by atoms with van der Waals surface area (Å²) >= 11 is 0. The molecule has 0 amide bonds. The summed E-state index contributed by atoms with van der Waals surface area (Å²) in [4.78, 5) is 22.0. The number of carbonyl (C=O) groups excluding carboxylic acids is 1. The minimum absolute atomic E-state index is 0.103. The summed E-state index contributed by atoms with van der Waals surface area (Å²) in [5, 5.41) is 8.65. The Bertz CT molecular complexity index is 409. The minimum Gasteiger partial charge on any atom is -0.493 e. The van der Waals surface area contributed by atoms with E-state index in [2.05, 4.69) is 0 Å². The second kappa shape index (κ2) is 5.30. The standard InChI is InChI=1S/C12H14O4/c1-3-6-16-10-7-8(2)4-5-9(10)11(13)12(14)15/h4-5,7H,3,6H2,1-2H3,(H,14,15). The molecule has 4 nitrogen and oxygen atoms in total. The number of rotatable bonds is 5. The normalized spacial score (nSPS) is 9.88. The highest BCUT2D eigenvalue weighted by atomic mass is 16.5. The van der Waals surface area contributed by atoms with E-state index in [0.717, 1.165) is 12.0 Å². The predicted molar refractivity (Wildman–Crippen MR) is 58.9 cm³/mol. The van der Waals surface area contributed by atoms with Crippen LogP contribution in [0.1, 0.15) is 29.3 Å². The summed E-state index contributed by atoms with van der Waals surface area (Å²) in [7, 11) is 0. The van der Waals surface area contributed by atoms with E-state index in [1.807, 2.05) is 13.8 Å². The average Bonchev–Trinajstić information content (AvgIpc) is 2.25. The van der Waals surface area contributed by atoms with Gasteiger partial charge >= 0.3 is 5.97 Å². The molecule has 1 rings (SSSR count). The van der Waals surface area contributed by atoms with Crippen molar-refractivity contribution < 1.29 is 19.4 Å². The number of carboxylic acid groups (broad SMARTS) is 1. The third-order valence-corrected chi connectivity index (χ3v) is 2.04. The lowest BCUT2D eigenvalue weighted by molar-refractivity contribution is -0.131. The van der Waals surface area contributed by atoms with E-state index >= 15 is 0 Å². The molecule has 4 heteroatoms. The highest BCUT2D eigenvalue weighted by Gasteiger charge is 2.19. The zero-order valence-corrected chi connectivity index (χ0v) is 9.32. The Kier molecular flexibility index (Phi) is 4.05. The van der Waals surface area contributed by atoms with Gasteiger partial charge in [-0.05, 0) is 31.0 Å². The first-order valence-electron chi connectivity index (χ1n) is 5.07. The van der Waals surface area contributed by atoms with Crippen molar-refractivity contribution in [2.24, 2.45) is 0 Å². The van der Waals surface area contributed by atoms with Gasteiger partial charge in [0, 0.05) is 0 Å². The maximum atomic E-state index is 11.4. The third kappa shape index (κ3) is 2.82. The molecule has 0 saturated heterocycles. The van der Waals surface area contributed by atoms with Gasteiger partial charge in [0.15, 0.2) is 0 Å². The number of ether oxygens (including phenoxy) is 1. The van der Waals surface area contributed by atoms with Crippen LogP contribution in [0.25, 0.3) is 0 Å². The number of carboxylic acids is 1. The van der Waals surface area contributed by atoms with Gasteiger partial charge in [0.05, 0.1) is 12.2 Å². The second-order valence-corrected chi connectivity index (χ2v) is 3.48. The van der Waals surface area contributed by atoms with Crippen molar-refractivity contribution in [2.75, 3.05) is 6.61 Å². The van der Waals surface area contributed by atoms with E-state index in [1.54, 1.807) is 12.1 Å². The average molecular weight is 222 g/mol. The van der Waals surface area contributed by atoms with Gasteiger partial charge < -0.3 is 9.84 Å². The zero-order chi connectivity index (χ0) is 12.1. The maximum absolute atomic E-state index is 11.4. The minimum atomic E-state index is -1.47. The maximum Gasteiger partial charge on any atom is 0.377 e. The van der Waals surface area contributed by atoms with Crippen molar-refractivity contribution >= 4 is 11.8 Å². The Labute approximate surface area is 93.9 Å². The smallest absolute Gasteiger partial charge is 0.377 e. The van der Waals surface area contributed by atoms with Crippen LogP contribution in [0.3, 0.4) is 0 Å². The van der Waals surface area contributed by atoms with E-state index in [9.17, 15) is 9.59 Å². The topological polar surface area (TPSA) is 63.6 Å². The lowest BCUT2D eigenvalue weighted by atomic mass is 10.1. The third-order valence-electron chi connectivity index (χ3n) is 2.04. The van der Waals surface area contributed by atoms with E-state index in [0.29, 0.717) is 12.4 Å². The molecule has 0 aliphatic carbocycles. The van der Waals surface area contributed by atoms with Crippen LogP contribution in [-0.2, 0) is 4.79 Å². The molecule has 86 valence electrons. The largest absolute Gasteiger partial charge is 0.493 e. The number of aliphatic carboxylic acids is 1. The van der Waals surface area contributed by atoms with Crippen molar-refractivity contribution in [3.05, 3.63) is 29.3 Å². The first-order valence-corrected chi connectivity index (χ1v) is 5.07. The molecule has 0 atom stereocenters. The van der Waals surface area contributed by atoms with Gasteiger partial charge in [0.1, 0.15) is 5.75 Å². The SMILES string of the molecule is CCCOc1cc(C)ccc1C(=O)C(=O)O. The molecule has 0 aliphatic heterocycles. The Morgan fingerprint density at radius 3 is 2.62 bits per heavy atom. The van der Waals surface area contributed by atoms with Crippen molar-refractivity contribution in [1.82, 2.24) is 0 Å². The molecule has 0 bridgehead atoms. The first-order chi connectivity index (χ1) is 7.56. The molecule has 0 spiro atoms. The number of ketones is 1. The molecule has 1 aromatic rings. The molecule has 0 unspecified atom stereocenters. The summed E-state index contributed by atoms with van der Waals surface area (Å²) < 4.78 is 5.35. The van der Waals surface area contributed by atoms with Crippen molar-refractivity contribution in [3.63, 3.8) is 0 Å². The Morgan fingerprint density at radius 2 is 2.06 bits per heavy atom. The summed E-state index contributed by atoms with van der Waals surface area (Å²) in [6, 6.07) is 4.84. The molecular weight excluding hydrogens is 208 g/mol. The fourth-order valence-corrected chi connectivity index (χ4v) is 1.26. The van der Waals surface area contributed by atoms with Crippen LogP contribution in [0.2, 0.25) is 0 Å². The quantitative estimate of drug-likeness (QED) is 0.611. The van der Waals surface area contributed by atoms with E-state index in [1.165, 1.54) is 6.07 Å². The lowest BCUT2D eigenvalue weighted by Gasteiger charge is -2.09. The van der Waals surface area contributed by atoms with Gasteiger partial charge in [-0.25, -0.2) is 4.79 Å². The van der Waals surface area contributed by atoms with Crippen molar-refractivity contribution in [2.45, 2.75) is 20.3 Å². The zero-order valence-electron chi connectivity index (χ0n) is 9.32. The van der Waals surface area contributed by atoms with Gasteiger partial charge in [-0.1, -0.05) is 13.0 Å². The molecule has 0 radical (unpaired) electrons. The summed E-state index contributed by atoms with van der Waals surface area (Å²) in [6.07, 6.45) is 0.800. The van der Waals surface area contributed by atoms with Gasteiger partial charge in [-0.3, -0.25) is 4.79 Å².